The highest BCUT2D eigenvalue weighted by molar-refractivity contribution is 7.20. The molecule has 0 radical (unpaired) electrons. The number of thiophene rings is 1. The molecule has 31 heavy (non-hydrogen) atoms. The monoisotopic (exact) mass is 436 g/mol. The van der Waals surface area contributed by atoms with E-state index in [1.54, 1.807) is 26.3 Å². The molecule has 0 unspecified atom stereocenters. The average Bonchev–Trinajstić information content (AvgIpc) is 3.26. The van der Waals surface area contributed by atoms with Crippen LogP contribution in [-0.4, -0.2) is 22.2 Å². The van der Waals surface area contributed by atoms with Crippen molar-refractivity contribution in [2.75, 3.05) is 7.11 Å². The van der Waals surface area contributed by atoms with Crippen molar-refractivity contribution in [3.05, 3.63) is 97.5 Å². The van der Waals surface area contributed by atoms with Crippen molar-refractivity contribution in [3.63, 3.8) is 0 Å². The van der Waals surface area contributed by atoms with Gasteiger partial charge in [-0.15, -0.1) is 11.3 Å². The normalized spacial score (nSPS) is 10.9. The van der Waals surface area contributed by atoms with Crippen molar-refractivity contribution in [2.45, 2.75) is 13.2 Å². The van der Waals surface area contributed by atoms with Crippen LogP contribution < -0.4 is 16.0 Å². The first-order valence-electron chi connectivity index (χ1n) is 9.55. The van der Waals surface area contributed by atoms with Crippen molar-refractivity contribution >= 4 is 27.5 Å². The maximum absolute atomic E-state index is 13.0. The van der Waals surface area contributed by atoms with E-state index in [2.05, 4.69) is 0 Å². The predicted molar refractivity (Wildman–Crippen MR) is 119 cm³/mol. The number of aryl methyl sites for hydroxylation is 1. The van der Waals surface area contributed by atoms with E-state index in [9.17, 15) is 14.4 Å². The summed E-state index contributed by atoms with van der Waals surface area (Å²) < 4.78 is 13.1. The minimum atomic E-state index is -0.550. The van der Waals surface area contributed by atoms with E-state index < -0.39 is 17.2 Å². The second-order valence-electron chi connectivity index (χ2n) is 6.98. The smallest absolute Gasteiger partial charge is 0.348 e. The zero-order valence-electron chi connectivity index (χ0n) is 17.0. The van der Waals surface area contributed by atoms with E-state index in [0.29, 0.717) is 16.0 Å². The Bertz CT molecular complexity index is 1370. The van der Waals surface area contributed by atoms with Crippen LogP contribution in [0.15, 0.2) is 70.3 Å². The molecule has 0 saturated heterocycles. The van der Waals surface area contributed by atoms with E-state index in [-0.39, 0.29) is 18.0 Å². The summed E-state index contributed by atoms with van der Waals surface area (Å²) in [6.07, 6.45) is 0. The SMILES string of the molecule is COc1cccc(COC(=O)c2cc3c(=O)n(Cc4ccccc4)c(=O)n(C)c3s2)c1. The summed E-state index contributed by atoms with van der Waals surface area (Å²) in [6, 6.07) is 18.0. The second kappa shape index (κ2) is 8.61. The van der Waals surface area contributed by atoms with Crippen LogP contribution in [0, 0.1) is 0 Å². The number of ether oxygens (including phenoxy) is 2. The van der Waals surface area contributed by atoms with E-state index >= 15 is 0 Å². The second-order valence-corrected chi connectivity index (χ2v) is 8.01. The lowest BCUT2D eigenvalue weighted by molar-refractivity contribution is 0.0478. The maximum atomic E-state index is 13.0. The Morgan fingerprint density at radius 1 is 1.00 bits per heavy atom. The molecule has 0 N–H and O–H groups in total. The summed E-state index contributed by atoms with van der Waals surface area (Å²) in [5.41, 5.74) is 0.769. The van der Waals surface area contributed by atoms with Crippen LogP contribution in [-0.2, 0) is 24.9 Å². The van der Waals surface area contributed by atoms with Gasteiger partial charge in [0, 0.05) is 7.05 Å². The Morgan fingerprint density at radius 3 is 2.48 bits per heavy atom. The minimum Gasteiger partial charge on any atom is -0.497 e. The molecule has 4 aromatic rings. The van der Waals surface area contributed by atoms with Crippen LogP contribution >= 0.6 is 11.3 Å². The van der Waals surface area contributed by atoms with Crippen molar-refractivity contribution in [2.24, 2.45) is 7.05 Å². The minimum absolute atomic E-state index is 0.0709. The highest BCUT2D eigenvalue weighted by atomic mass is 32.1. The number of carbonyl (C=O) groups excluding carboxylic acids is 1. The molecule has 0 aliphatic rings. The number of benzene rings is 2. The van der Waals surface area contributed by atoms with E-state index in [4.69, 9.17) is 9.47 Å². The lowest BCUT2D eigenvalue weighted by Gasteiger charge is -2.08. The summed E-state index contributed by atoms with van der Waals surface area (Å²) in [5.74, 6) is 0.120. The first-order chi connectivity index (χ1) is 15.0. The molecule has 2 aromatic carbocycles. The number of nitrogens with zero attached hydrogens (tertiary/aromatic N) is 2. The van der Waals surface area contributed by atoms with Gasteiger partial charge in [0.1, 0.15) is 22.1 Å². The average molecular weight is 436 g/mol. The number of methoxy groups -OCH3 is 1. The van der Waals surface area contributed by atoms with Crippen LogP contribution in [0.4, 0.5) is 0 Å². The van der Waals surface area contributed by atoms with Gasteiger partial charge >= 0.3 is 11.7 Å². The molecule has 0 bridgehead atoms. The Balaban J connectivity index is 1.63. The van der Waals surface area contributed by atoms with Gasteiger partial charge in [0.25, 0.3) is 5.56 Å². The fourth-order valence-corrected chi connectivity index (χ4v) is 4.27. The Labute approximate surface area is 181 Å². The fraction of sp³-hybridized carbons (Fsp3) is 0.174. The first-order valence-corrected chi connectivity index (χ1v) is 10.4. The molecule has 4 rings (SSSR count). The Hall–Kier alpha value is -3.65. The van der Waals surface area contributed by atoms with Gasteiger partial charge in [0.2, 0.25) is 0 Å². The number of rotatable bonds is 6. The summed E-state index contributed by atoms with van der Waals surface area (Å²) in [4.78, 5) is 39.0. The van der Waals surface area contributed by atoms with Crippen LogP contribution in [0.25, 0.3) is 10.2 Å². The van der Waals surface area contributed by atoms with Gasteiger partial charge in [-0.3, -0.25) is 13.9 Å². The lowest BCUT2D eigenvalue weighted by atomic mass is 10.2. The third-order valence-corrected chi connectivity index (χ3v) is 6.09. The third-order valence-electron chi connectivity index (χ3n) is 4.90. The number of fused-ring (bicyclic) bond motifs is 1. The van der Waals surface area contributed by atoms with Crippen molar-refractivity contribution in [3.8, 4) is 5.75 Å². The molecule has 0 spiro atoms. The van der Waals surface area contributed by atoms with Crippen molar-refractivity contribution in [1.82, 2.24) is 9.13 Å². The van der Waals surface area contributed by atoms with E-state index in [0.717, 1.165) is 22.5 Å². The first kappa shape index (κ1) is 20.6. The zero-order valence-corrected chi connectivity index (χ0v) is 17.8. The Morgan fingerprint density at radius 2 is 1.74 bits per heavy atom. The molecule has 0 saturated carbocycles. The largest absolute Gasteiger partial charge is 0.497 e. The highest BCUT2D eigenvalue weighted by Crippen LogP contribution is 2.23. The quantitative estimate of drug-likeness (QED) is 0.434. The molecule has 8 heteroatoms. The maximum Gasteiger partial charge on any atom is 0.348 e. The van der Waals surface area contributed by atoms with Crippen LogP contribution in [0.3, 0.4) is 0 Å². The number of aromatic nitrogens is 2. The summed E-state index contributed by atoms with van der Waals surface area (Å²) in [7, 11) is 3.16. The zero-order chi connectivity index (χ0) is 22.0. The number of esters is 1. The molecule has 0 fully saturated rings. The molecule has 0 aliphatic heterocycles. The van der Waals surface area contributed by atoms with Gasteiger partial charge < -0.3 is 9.47 Å². The van der Waals surface area contributed by atoms with Crippen molar-refractivity contribution < 1.29 is 14.3 Å². The number of hydrogen-bond acceptors (Lipinski definition) is 6. The topological polar surface area (TPSA) is 79.5 Å². The van der Waals surface area contributed by atoms with Crippen LogP contribution in [0.5, 0.6) is 5.75 Å². The van der Waals surface area contributed by atoms with Gasteiger partial charge in [0.05, 0.1) is 19.0 Å². The van der Waals surface area contributed by atoms with Crippen molar-refractivity contribution in [1.29, 1.82) is 0 Å². The standard InChI is InChI=1S/C23H20N2O5S/c1-24-21-18(20(26)25(23(24)28)13-15-7-4-3-5-8-15)12-19(31-21)22(27)30-14-16-9-6-10-17(11-16)29-2/h3-12H,13-14H2,1-2H3. The van der Waals surface area contributed by atoms with Gasteiger partial charge in [-0.1, -0.05) is 42.5 Å². The molecule has 0 aliphatic carbocycles. The molecule has 2 aromatic heterocycles. The molecular formula is C23H20N2O5S. The van der Waals surface area contributed by atoms with E-state index in [1.807, 2.05) is 42.5 Å². The third kappa shape index (κ3) is 4.15. The molecule has 158 valence electrons. The number of hydrogen-bond donors (Lipinski definition) is 0. The highest BCUT2D eigenvalue weighted by Gasteiger charge is 2.19. The van der Waals surface area contributed by atoms with Gasteiger partial charge in [0.15, 0.2) is 0 Å². The fourth-order valence-electron chi connectivity index (χ4n) is 3.27. The predicted octanol–water partition coefficient (Wildman–Crippen LogP) is 3.18. The van der Waals surface area contributed by atoms with Gasteiger partial charge in [-0.25, -0.2) is 9.59 Å². The number of carbonyl (C=O) groups is 1. The molecular weight excluding hydrogens is 416 g/mol. The van der Waals surface area contributed by atoms with Gasteiger partial charge in [-0.2, -0.15) is 0 Å². The molecule has 2 heterocycles. The Kier molecular flexibility index (Phi) is 5.73. The molecule has 7 nitrogen and oxygen atoms in total. The van der Waals surface area contributed by atoms with Crippen LogP contribution in [0.1, 0.15) is 20.8 Å². The summed E-state index contributed by atoms with van der Waals surface area (Å²) >= 11 is 1.07. The summed E-state index contributed by atoms with van der Waals surface area (Å²) in [5, 5.41) is 0.316. The van der Waals surface area contributed by atoms with Crippen LogP contribution in [0.2, 0.25) is 0 Å². The van der Waals surface area contributed by atoms with E-state index in [1.165, 1.54) is 15.2 Å². The summed E-state index contributed by atoms with van der Waals surface area (Å²) in [6.45, 7) is 0.231. The lowest BCUT2D eigenvalue weighted by Crippen LogP contribution is -2.38. The molecule has 0 amide bonds. The molecule has 0 atom stereocenters. The van der Waals surface area contributed by atoms with Gasteiger partial charge in [-0.05, 0) is 29.3 Å².